The van der Waals surface area contributed by atoms with Crippen molar-refractivity contribution in [3.05, 3.63) is 23.1 Å². The Labute approximate surface area is 113 Å². The number of hydrogen-bond acceptors (Lipinski definition) is 3. The molecule has 1 aromatic rings. The van der Waals surface area contributed by atoms with Crippen LogP contribution in [0.5, 0.6) is 0 Å². The largest absolute Gasteiger partial charge is 0.448 e. The zero-order chi connectivity index (χ0) is 12.6. The second kappa shape index (κ2) is 4.87. The first-order valence-corrected chi connectivity index (χ1v) is 7.17. The summed E-state index contributed by atoms with van der Waals surface area (Å²) < 4.78 is 11.6. The van der Waals surface area contributed by atoms with Crippen molar-refractivity contribution < 1.29 is 9.15 Å². The third-order valence-electron chi connectivity index (χ3n) is 4.48. The van der Waals surface area contributed by atoms with Crippen molar-refractivity contribution in [3.63, 3.8) is 0 Å². The van der Waals surface area contributed by atoms with Gasteiger partial charge in [0.2, 0.25) is 0 Å². The molecule has 0 aromatic carbocycles. The highest BCUT2D eigenvalue weighted by Crippen LogP contribution is 2.47. The fourth-order valence-electron chi connectivity index (χ4n) is 3.38. The minimum atomic E-state index is 0.175. The van der Waals surface area contributed by atoms with Gasteiger partial charge in [0.25, 0.3) is 0 Å². The summed E-state index contributed by atoms with van der Waals surface area (Å²) in [6, 6.07) is 4.05. The van der Waals surface area contributed by atoms with E-state index >= 15 is 0 Å². The number of halogens is 1. The highest BCUT2D eigenvalue weighted by atomic mass is 35.5. The first-order valence-electron chi connectivity index (χ1n) is 6.79. The van der Waals surface area contributed by atoms with Gasteiger partial charge in [0.15, 0.2) is 5.22 Å². The fourth-order valence-corrected chi connectivity index (χ4v) is 3.53. The van der Waals surface area contributed by atoms with E-state index in [4.69, 9.17) is 20.8 Å². The third-order valence-corrected chi connectivity index (χ3v) is 4.68. The summed E-state index contributed by atoms with van der Waals surface area (Å²) in [6.45, 7) is 0.872. The lowest BCUT2D eigenvalue weighted by molar-refractivity contribution is -0.147. The second-order valence-electron chi connectivity index (χ2n) is 5.55. The van der Waals surface area contributed by atoms with Crippen molar-refractivity contribution in [3.8, 4) is 0 Å². The second-order valence-corrected chi connectivity index (χ2v) is 5.92. The van der Waals surface area contributed by atoms with Gasteiger partial charge in [-0.3, -0.25) is 0 Å². The summed E-state index contributed by atoms with van der Waals surface area (Å²) >= 11 is 5.88. The van der Waals surface area contributed by atoms with Crippen LogP contribution in [0.3, 0.4) is 0 Å². The van der Waals surface area contributed by atoms with Crippen LogP contribution < -0.4 is 5.32 Å². The molecule has 4 heteroatoms. The highest BCUT2D eigenvalue weighted by Gasteiger charge is 2.44. The molecule has 0 amide bonds. The molecule has 3 nitrogen and oxygen atoms in total. The van der Waals surface area contributed by atoms with Crippen LogP contribution in [0, 0.1) is 5.92 Å². The van der Waals surface area contributed by atoms with Crippen molar-refractivity contribution in [2.75, 3.05) is 13.7 Å². The minimum absolute atomic E-state index is 0.175. The molecule has 18 heavy (non-hydrogen) atoms. The fraction of sp³-hybridized carbons (Fsp3) is 0.714. The first-order chi connectivity index (χ1) is 8.72. The average molecular weight is 270 g/mol. The predicted molar refractivity (Wildman–Crippen MR) is 70.8 cm³/mol. The lowest BCUT2D eigenvalue weighted by atomic mass is 9.70. The van der Waals surface area contributed by atoms with E-state index in [-0.39, 0.29) is 11.6 Å². The minimum Gasteiger partial charge on any atom is -0.448 e. The molecule has 1 spiro atoms. The van der Waals surface area contributed by atoms with Crippen LogP contribution in [0.25, 0.3) is 0 Å². The van der Waals surface area contributed by atoms with Crippen molar-refractivity contribution in [2.24, 2.45) is 5.92 Å². The van der Waals surface area contributed by atoms with Gasteiger partial charge in [0.05, 0.1) is 11.6 Å². The molecule has 2 fully saturated rings. The van der Waals surface area contributed by atoms with Gasteiger partial charge in [-0.05, 0) is 68.8 Å². The summed E-state index contributed by atoms with van der Waals surface area (Å²) in [5.74, 6) is 1.52. The lowest BCUT2D eigenvalue weighted by Crippen LogP contribution is -2.47. The Bertz CT molecular complexity index is 414. The van der Waals surface area contributed by atoms with Crippen molar-refractivity contribution in [1.82, 2.24) is 5.32 Å². The van der Waals surface area contributed by atoms with Gasteiger partial charge in [0, 0.05) is 6.61 Å². The maximum absolute atomic E-state index is 5.98. The van der Waals surface area contributed by atoms with E-state index in [0.29, 0.717) is 11.1 Å². The molecule has 0 bridgehead atoms. The molecule has 3 rings (SSSR count). The van der Waals surface area contributed by atoms with Crippen LogP contribution in [0.1, 0.15) is 43.9 Å². The maximum atomic E-state index is 5.98. The summed E-state index contributed by atoms with van der Waals surface area (Å²) in [5, 5.41) is 3.85. The van der Waals surface area contributed by atoms with E-state index in [9.17, 15) is 0 Å². The summed E-state index contributed by atoms with van der Waals surface area (Å²) in [7, 11) is 1.99. The molecule has 1 saturated carbocycles. The van der Waals surface area contributed by atoms with Gasteiger partial charge in [-0.15, -0.1) is 0 Å². The molecule has 1 aliphatic carbocycles. The third kappa shape index (κ3) is 2.20. The van der Waals surface area contributed by atoms with Crippen molar-refractivity contribution in [2.45, 2.75) is 43.7 Å². The number of nitrogens with one attached hydrogen (secondary N) is 1. The number of hydrogen-bond donors (Lipinski definition) is 1. The van der Waals surface area contributed by atoms with Gasteiger partial charge >= 0.3 is 0 Å². The van der Waals surface area contributed by atoms with E-state index in [1.54, 1.807) is 0 Å². The number of furan rings is 1. The van der Waals surface area contributed by atoms with E-state index in [1.807, 2.05) is 19.2 Å². The zero-order valence-electron chi connectivity index (χ0n) is 10.7. The molecule has 2 unspecified atom stereocenters. The monoisotopic (exact) mass is 269 g/mol. The van der Waals surface area contributed by atoms with Gasteiger partial charge in [-0.25, -0.2) is 0 Å². The summed E-state index contributed by atoms with van der Waals surface area (Å²) in [5.41, 5.74) is 0.175. The molecule has 2 atom stereocenters. The molecule has 1 aliphatic heterocycles. The topological polar surface area (TPSA) is 34.4 Å². The van der Waals surface area contributed by atoms with Gasteiger partial charge in [-0.1, -0.05) is 0 Å². The molecule has 0 radical (unpaired) electrons. The van der Waals surface area contributed by atoms with E-state index in [1.165, 1.54) is 19.3 Å². The van der Waals surface area contributed by atoms with Crippen molar-refractivity contribution in [1.29, 1.82) is 0 Å². The SMILES string of the molecule is CNC(c1ccc(Cl)o1)C1CCOC2(CCC2)C1. The Morgan fingerprint density at radius 2 is 2.28 bits per heavy atom. The molecule has 1 N–H and O–H groups in total. The van der Waals surface area contributed by atoms with E-state index in [2.05, 4.69) is 5.32 Å². The Kier molecular flexibility index (Phi) is 3.39. The maximum Gasteiger partial charge on any atom is 0.193 e. The average Bonchev–Trinajstić information content (AvgIpc) is 2.75. The predicted octanol–water partition coefficient (Wildman–Crippen LogP) is 3.54. The first kappa shape index (κ1) is 12.5. The Morgan fingerprint density at radius 3 is 2.83 bits per heavy atom. The highest BCUT2D eigenvalue weighted by molar-refractivity contribution is 6.28. The normalized spacial score (nSPS) is 28.0. The van der Waals surface area contributed by atoms with Gasteiger partial charge in [0.1, 0.15) is 5.76 Å². The van der Waals surface area contributed by atoms with Crippen LogP contribution in [-0.2, 0) is 4.74 Å². The zero-order valence-corrected chi connectivity index (χ0v) is 11.5. The van der Waals surface area contributed by atoms with Crippen LogP contribution in [0.15, 0.2) is 16.5 Å². The number of ether oxygens (including phenoxy) is 1. The smallest absolute Gasteiger partial charge is 0.193 e. The molecular weight excluding hydrogens is 250 g/mol. The van der Waals surface area contributed by atoms with Crippen molar-refractivity contribution >= 4 is 11.6 Å². The molecule has 2 aliphatic rings. The lowest BCUT2D eigenvalue weighted by Gasteiger charge is -2.48. The van der Waals surface area contributed by atoms with Crippen LogP contribution in [-0.4, -0.2) is 19.3 Å². The summed E-state index contributed by atoms with van der Waals surface area (Å²) in [6.07, 6.45) is 5.98. The molecular formula is C14H20ClNO2. The summed E-state index contributed by atoms with van der Waals surface area (Å²) in [4.78, 5) is 0. The van der Waals surface area contributed by atoms with Gasteiger partial charge < -0.3 is 14.5 Å². The molecule has 1 aromatic heterocycles. The number of rotatable bonds is 3. The van der Waals surface area contributed by atoms with Crippen LogP contribution >= 0.6 is 11.6 Å². The van der Waals surface area contributed by atoms with Gasteiger partial charge in [-0.2, -0.15) is 0 Å². The van der Waals surface area contributed by atoms with Crippen LogP contribution in [0.2, 0.25) is 5.22 Å². The van der Waals surface area contributed by atoms with Crippen LogP contribution in [0.4, 0.5) is 0 Å². The Balaban J connectivity index is 1.75. The standard InChI is InChI=1S/C14H20ClNO2/c1-16-13(11-3-4-12(15)18-11)10-5-8-17-14(9-10)6-2-7-14/h3-4,10,13,16H,2,5-9H2,1H3. The quantitative estimate of drug-likeness (QED) is 0.911. The molecule has 1 saturated heterocycles. The Hall–Kier alpha value is -0.510. The molecule has 100 valence electrons. The Morgan fingerprint density at radius 1 is 1.44 bits per heavy atom. The molecule has 2 heterocycles. The van der Waals surface area contributed by atoms with E-state index < -0.39 is 0 Å². The van der Waals surface area contributed by atoms with E-state index in [0.717, 1.165) is 25.2 Å².